The fraction of sp³-hybridized carbons (Fsp3) is 0.692. The summed E-state index contributed by atoms with van der Waals surface area (Å²) in [7, 11) is 0. The lowest BCUT2D eigenvalue weighted by Crippen LogP contribution is -2.47. The van der Waals surface area contributed by atoms with Gasteiger partial charge in [-0.1, -0.05) is 0 Å². The molecule has 2 fully saturated rings. The molecule has 5 nitrogen and oxygen atoms in total. The number of hydrogen-bond donors (Lipinski definition) is 1. The van der Waals surface area contributed by atoms with Crippen LogP contribution in [0.5, 0.6) is 0 Å². The van der Waals surface area contributed by atoms with E-state index in [1.807, 2.05) is 4.90 Å². The topological polar surface area (TPSA) is 58.3 Å². The van der Waals surface area contributed by atoms with Crippen molar-refractivity contribution < 1.29 is 13.2 Å². The molecule has 1 aliphatic heterocycles. The lowest BCUT2D eigenvalue weighted by molar-refractivity contribution is -0.141. The molecule has 1 aromatic rings. The van der Waals surface area contributed by atoms with Gasteiger partial charge in [-0.05, 0) is 18.8 Å². The lowest BCUT2D eigenvalue weighted by atomic mass is 10.2. The van der Waals surface area contributed by atoms with E-state index in [0.29, 0.717) is 13.1 Å². The van der Waals surface area contributed by atoms with Crippen molar-refractivity contribution in [3.8, 4) is 0 Å². The van der Waals surface area contributed by atoms with Crippen LogP contribution < -0.4 is 10.6 Å². The minimum Gasteiger partial charge on any atom is -0.368 e. The summed E-state index contributed by atoms with van der Waals surface area (Å²) in [5, 5.41) is 0. The zero-order valence-corrected chi connectivity index (χ0v) is 11.6. The van der Waals surface area contributed by atoms with E-state index in [4.69, 9.17) is 5.73 Å². The molecule has 0 bridgehead atoms. The fourth-order valence-electron chi connectivity index (χ4n) is 2.58. The third kappa shape index (κ3) is 3.55. The van der Waals surface area contributed by atoms with Crippen LogP contribution in [0, 0.1) is 5.92 Å². The van der Waals surface area contributed by atoms with Gasteiger partial charge in [0.2, 0.25) is 5.95 Å². The molecular weight excluding hydrogens is 283 g/mol. The Balaban J connectivity index is 1.68. The number of alkyl halides is 3. The molecule has 2 heterocycles. The second-order valence-corrected chi connectivity index (χ2v) is 5.70. The molecule has 1 saturated heterocycles. The van der Waals surface area contributed by atoms with Crippen LogP contribution in [0.2, 0.25) is 0 Å². The summed E-state index contributed by atoms with van der Waals surface area (Å²) >= 11 is 0. The minimum atomic E-state index is -4.50. The first-order valence-electron chi connectivity index (χ1n) is 7.11. The number of piperazine rings is 1. The van der Waals surface area contributed by atoms with Gasteiger partial charge in [0.25, 0.3) is 0 Å². The first kappa shape index (κ1) is 14.4. The Kier molecular flexibility index (Phi) is 3.64. The molecule has 2 N–H and O–H groups in total. The van der Waals surface area contributed by atoms with Gasteiger partial charge in [-0.2, -0.15) is 18.2 Å². The molecule has 0 amide bonds. The Morgan fingerprint density at radius 3 is 2.38 bits per heavy atom. The highest BCUT2D eigenvalue weighted by Crippen LogP contribution is 2.31. The molecule has 0 aromatic carbocycles. The zero-order chi connectivity index (χ0) is 15.0. The summed E-state index contributed by atoms with van der Waals surface area (Å²) in [5.74, 6) is 0.754. The molecule has 1 aromatic heterocycles. The predicted molar refractivity (Wildman–Crippen MR) is 72.8 cm³/mol. The average Bonchev–Trinajstić information content (AvgIpc) is 3.22. The zero-order valence-electron chi connectivity index (χ0n) is 11.6. The molecule has 3 rings (SSSR count). The summed E-state index contributed by atoms with van der Waals surface area (Å²) in [6, 6.07) is 0.979. The normalized spacial score (nSPS) is 20.8. The smallest absolute Gasteiger partial charge is 0.368 e. The largest absolute Gasteiger partial charge is 0.433 e. The molecule has 2 aliphatic rings. The number of halogens is 3. The van der Waals surface area contributed by atoms with Crippen molar-refractivity contribution >= 4 is 11.8 Å². The van der Waals surface area contributed by atoms with E-state index in [2.05, 4.69) is 14.9 Å². The van der Waals surface area contributed by atoms with Crippen LogP contribution in [-0.2, 0) is 6.18 Å². The Hall–Kier alpha value is -1.57. The summed E-state index contributed by atoms with van der Waals surface area (Å²) < 4.78 is 38.3. The van der Waals surface area contributed by atoms with Crippen LogP contribution in [0.1, 0.15) is 18.5 Å². The Morgan fingerprint density at radius 2 is 1.81 bits per heavy atom. The van der Waals surface area contributed by atoms with E-state index in [1.54, 1.807) is 0 Å². The van der Waals surface area contributed by atoms with Crippen molar-refractivity contribution in [1.82, 2.24) is 14.9 Å². The number of anilines is 2. The Labute approximate surface area is 120 Å². The van der Waals surface area contributed by atoms with Crippen LogP contribution >= 0.6 is 0 Å². The van der Waals surface area contributed by atoms with Gasteiger partial charge in [-0.25, -0.2) is 4.98 Å². The number of hydrogen-bond acceptors (Lipinski definition) is 5. The number of aromatic nitrogens is 2. The Morgan fingerprint density at radius 1 is 1.14 bits per heavy atom. The van der Waals surface area contributed by atoms with Crippen LogP contribution in [0.25, 0.3) is 0 Å². The van der Waals surface area contributed by atoms with E-state index in [1.165, 1.54) is 12.8 Å². The summed E-state index contributed by atoms with van der Waals surface area (Å²) in [4.78, 5) is 11.4. The fourth-order valence-corrected chi connectivity index (χ4v) is 2.58. The van der Waals surface area contributed by atoms with Gasteiger partial charge >= 0.3 is 6.18 Å². The second kappa shape index (κ2) is 5.32. The van der Waals surface area contributed by atoms with E-state index < -0.39 is 11.9 Å². The molecule has 1 saturated carbocycles. The van der Waals surface area contributed by atoms with Crippen molar-refractivity contribution in [1.29, 1.82) is 0 Å². The van der Waals surface area contributed by atoms with Crippen molar-refractivity contribution in [2.45, 2.75) is 19.0 Å². The Bertz CT molecular complexity index is 507. The van der Waals surface area contributed by atoms with Gasteiger partial charge in [-0.15, -0.1) is 0 Å². The van der Waals surface area contributed by atoms with Crippen LogP contribution in [-0.4, -0.2) is 47.6 Å². The van der Waals surface area contributed by atoms with Crippen molar-refractivity contribution in [2.24, 2.45) is 5.92 Å². The molecule has 0 radical (unpaired) electrons. The molecule has 0 unspecified atom stereocenters. The highest BCUT2D eigenvalue weighted by molar-refractivity contribution is 5.44. The molecule has 1 aliphatic carbocycles. The molecule has 8 heteroatoms. The second-order valence-electron chi connectivity index (χ2n) is 5.70. The monoisotopic (exact) mass is 301 g/mol. The molecule has 116 valence electrons. The van der Waals surface area contributed by atoms with Gasteiger partial charge in [0, 0.05) is 38.8 Å². The van der Waals surface area contributed by atoms with Gasteiger partial charge in [0.15, 0.2) is 5.69 Å². The summed E-state index contributed by atoms with van der Waals surface area (Å²) in [6.45, 7) is 4.14. The first-order chi connectivity index (χ1) is 9.91. The standard InChI is InChI=1S/C13H18F3N5/c14-13(15,16)10-7-11(19-12(17)18-10)21-5-3-20(4-6-21)8-9-1-2-9/h7,9H,1-6,8H2,(H2,17,18,19). The predicted octanol–water partition coefficient (Wildman–Crippen LogP) is 1.61. The lowest BCUT2D eigenvalue weighted by Gasteiger charge is -2.35. The summed E-state index contributed by atoms with van der Waals surface area (Å²) in [6.07, 6.45) is -1.89. The van der Waals surface area contributed by atoms with Crippen molar-refractivity contribution in [3.05, 3.63) is 11.8 Å². The van der Waals surface area contributed by atoms with E-state index >= 15 is 0 Å². The van der Waals surface area contributed by atoms with Crippen LogP contribution in [0.3, 0.4) is 0 Å². The SMILES string of the molecule is Nc1nc(N2CCN(CC3CC3)CC2)cc(C(F)(F)F)n1. The van der Waals surface area contributed by atoms with Crippen LogP contribution in [0.15, 0.2) is 6.07 Å². The highest BCUT2D eigenvalue weighted by atomic mass is 19.4. The number of nitrogen functional groups attached to an aromatic ring is 1. The molecule has 21 heavy (non-hydrogen) atoms. The number of nitrogens with two attached hydrogens (primary N) is 1. The van der Waals surface area contributed by atoms with Crippen molar-refractivity contribution in [3.63, 3.8) is 0 Å². The van der Waals surface area contributed by atoms with Gasteiger partial charge in [0.05, 0.1) is 0 Å². The minimum absolute atomic E-state index is 0.265. The highest BCUT2D eigenvalue weighted by Gasteiger charge is 2.34. The van der Waals surface area contributed by atoms with Gasteiger partial charge < -0.3 is 10.6 Å². The maximum absolute atomic E-state index is 12.8. The van der Waals surface area contributed by atoms with Gasteiger partial charge in [-0.3, -0.25) is 4.90 Å². The van der Waals surface area contributed by atoms with E-state index in [9.17, 15) is 13.2 Å². The van der Waals surface area contributed by atoms with E-state index in [0.717, 1.165) is 31.6 Å². The first-order valence-corrected chi connectivity index (χ1v) is 7.11. The summed E-state index contributed by atoms with van der Waals surface area (Å²) in [5.41, 5.74) is 4.42. The quantitative estimate of drug-likeness (QED) is 0.919. The average molecular weight is 301 g/mol. The molecule has 0 spiro atoms. The van der Waals surface area contributed by atoms with E-state index in [-0.39, 0.29) is 11.8 Å². The maximum Gasteiger partial charge on any atom is 0.433 e. The molecular formula is C13H18F3N5. The third-order valence-corrected chi connectivity index (χ3v) is 3.93. The number of rotatable bonds is 3. The van der Waals surface area contributed by atoms with Gasteiger partial charge in [0.1, 0.15) is 5.82 Å². The van der Waals surface area contributed by atoms with Crippen LogP contribution in [0.4, 0.5) is 24.9 Å². The molecule has 0 atom stereocenters. The third-order valence-electron chi connectivity index (χ3n) is 3.93. The maximum atomic E-state index is 12.8. The van der Waals surface area contributed by atoms with Crippen molar-refractivity contribution in [2.75, 3.05) is 43.4 Å². The number of nitrogens with zero attached hydrogens (tertiary/aromatic N) is 4.